The number of amides is 1. The van der Waals surface area contributed by atoms with Crippen LogP contribution in [0.15, 0.2) is 48.5 Å². The van der Waals surface area contributed by atoms with E-state index >= 15 is 0 Å². The molecule has 24 heavy (non-hydrogen) atoms. The van der Waals surface area contributed by atoms with Crippen LogP contribution in [0.5, 0.6) is 0 Å². The Bertz CT molecular complexity index is 761. The lowest BCUT2D eigenvalue weighted by atomic mass is 9.99. The molecule has 4 heteroatoms. The van der Waals surface area contributed by atoms with Crippen molar-refractivity contribution >= 4 is 11.6 Å². The molecule has 0 radical (unpaired) electrons. The average Bonchev–Trinajstić information content (AvgIpc) is 2.62. The van der Waals surface area contributed by atoms with Crippen molar-refractivity contribution < 1.29 is 4.79 Å². The topological polar surface area (TPSA) is 56.1 Å². The maximum Gasteiger partial charge on any atom is 0.241 e. The highest BCUT2D eigenvalue weighted by Crippen LogP contribution is 2.21. The minimum Gasteiger partial charge on any atom is -0.325 e. The van der Waals surface area contributed by atoms with Gasteiger partial charge in [-0.1, -0.05) is 36.4 Å². The van der Waals surface area contributed by atoms with Crippen LogP contribution in [-0.2, 0) is 24.2 Å². The first kappa shape index (κ1) is 16.2. The van der Waals surface area contributed by atoms with Crippen LogP contribution in [0, 0.1) is 11.3 Å². The average molecular weight is 319 g/mol. The van der Waals surface area contributed by atoms with Gasteiger partial charge in [-0.3, -0.25) is 9.69 Å². The maximum absolute atomic E-state index is 12.5. The first-order chi connectivity index (χ1) is 11.7. The van der Waals surface area contributed by atoms with E-state index in [1.807, 2.05) is 31.2 Å². The molecular weight excluding hydrogens is 298 g/mol. The van der Waals surface area contributed by atoms with E-state index in [1.54, 1.807) is 0 Å². The van der Waals surface area contributed by atoms with E-state index in [0.717, 1.165) is 30.8 Å². The number of fused-ring (bicyclic) bond motifs is 1. The lowest BCUT2D eigenvalue weighted by molar-refractivity contribution is -0.121. The van der Waals surface area contributed by atoms with Gasteiger partial charge < -0.3 is 5.32 Å². The molecule has 2 aromatic carbocycles. The van der Waals surface area contributed by atoms with Crippen molar-refractivity contribution in [2.24, 2.45) is 0 Å². The molecule has 1 heterocycles. The molecule has 2 aromatic rings. The van der Waals surface area contributed by atoms with Crippen LogP contribution >= 0.6 is 0 Å². The van der Waals surface area contributed by atoms with Crippen molar-refractivity contribution in [2.45, 2.75) is 32.4 Å². The highest BCUT2D eigenvalue weighted by Gasteiger charge is 2.25. The normalized spacial score (nSPS) is 15.2. The first-order valence-electron chi connectivity index (χ1n) is 8.25. The van der Waals surface area contributed by atoms with Crippen LogP contribution < -0.4 is 5.32 Å². The Kier molecular flexibility index (Phi) is 4.93. The zero-order valence-corrected chi connectivity index (χ0v) is 13.8. The molecule has 0 bridgehead atoms. The second-order valence-corrected chi connectivity index (χ2v) is 6.19. The smallest absolute Gasteiger partial charge is 0.241 e. The Balaban J connectivity index is 1.62. The van der Waals surface area contributed by atoms with Crippen LogP contribution in [0.2, 0.25) is 0 Å². The molecule has 1 aliphatic heterocycles. The molecule has 1 aliphatic rings. The maximum atomic E-state index is 12.5. The number of nitrogens with one attached hydrogen (secondary N) is 1. The number of hydrogen-bond acceptors (Lipinski definition) is 3. The van der Waals surface area contributed by atoms with Crippen LogP contribution in [0.3, 0.4) is 0 Å². The largest absolute Gasteiger partial charge is 0.325 e. The third-order valence-electron chi connectivity index (χ3n) is 4.59. The van der Waals surface area contributed by atoms with E-state index in [4.69, 9.17) is 5.26 Å². The summed E-state index contributed by atoms with van der Waals surface area (Å²) in [6, 6.07) is 17.8. The molecule has 1 amide bonds. The summed E-state index contributed by atoms with van der Waals surface area (Å²) in [6.45, 7) is 3.66. The molecule has 0 spiro atoms. The molecule has 0 aliphatic carbocycles. The number of benzene rings is 2. The molecule has 0 saturated heterocycles. The van der Waals surface area contributed by atoms with Crippen molar-refractivity contribution in [1.29, 1.82) is 5.26 Å². The minimum atomic E-state index is -0.183. The Hall–Kier alpha value is -2.64. The third-order valence-corrected chi connectivity index (χ3v) is 4.59. The Morgan fingerprint density at radius 2 is 1.92 bits per heavy atom. The fourth-order valence-electron chi connectivity index (χ4n) is 3.06. The van der Waals surface area contributed by atoms with Crippen molar-refractivity contribution in [3.8, 4) is 6.07 Å². The SMILES string of the molecule is CC(C(=O)Nc1ccc(CC#N)cc1)N1CCc2ccccc2C1. The lowest BCUT2D eigenvalue weighted by Crippen LogP contribution is -2.44. The number of anilines is 1. The lowest BCUT2D eigenvalue weighted by Gasteiger charge is -2.32. The standard InChI is InChI=1S/C20H21N3O/c1-15(23-13-11-17-4-2-3-5-18(17)14-23)20(24)22-19-8-6-16(7-9-19)10-12-21/h2-9,15H,10-11,13-14H2,1H3,(H,22,24). The van der Waals surface area contributed by atoms with Crippen LogP contribution in [0.1, 0.15) is 23.6 Å². The second-order valence-electron chi connectivity index (χ2n) is 6.19. The van der Waals surface area contributed by atoms with Crippen molar-refractivity contribution in [3.05, 3.63) is 65.2 Å². The number of carbonyl (C=O) groups is 1. The minimum absolute atomic E-state index is 0.00224. The molecule has 1 atom stereocenters. The van der Waals surface area contributed by atoms with E-state index in [9.17, 15) is 4.79 Å². The van der Waals surface area contributed by atoms with Crippen molar-refractivity contribution in [1.82, 2.24) is 4.90 Å². The van der Waals surface area contributed by atoms with E-state index in [0.29, 0.717) is 6.42 Å². The molecule has 1 N–H and O–H groups in total. The van der Waals surface area contributed by atoms with Gasteiger partial charge in [0, 0.05) is 18.8 Å². The van der Waals surface area contributed by atoms with Crippen LogP contribution in [0.4, 0.5) is 5.69 Å². The summed E-state index contributed by atoms with van der Waals surface area (Å²) in [4.78, 5) is 14.7. The summed E-state index contributed by atoms with van der Waals surface area (Å²) in [5, 5.41) is 11.7. The second kappa shape index (κ2) is 7.29. The predicted octanol–water partition coefficient (Wildman–Crippen LogP) is 3.14. The van der Waals surface area contributed by atoms with Crippen LogP contribution in [-0.4, -0.2) is 23.4 Å². The molecule has 0 aromatic heterocycles. The third kappa shape index (κ3) is 3.64. The fourth-order valence-corrected chi connectivity index (χ4v) is 3.06. The number of rotatable bonds is 4. The molecule has 0 saturated carbocycles. The number of nitrogens with zero attached hydrogens (tertiary/aromatic N) is 2. The van der Waals surface area contributed by atoms with E-state index in [1.165, 1.54) is 11.1 Å². The van der Waals surface area contributed by atoms with Gasteiger partial charge >= 0.3 is 0 Å². The highest BCUT2D eigenvalue weighted by molar-refractivity contribution is 5.94. The molecule has 122 valence electrons. The van der Waals surface area contributed by atoms with Gasteiger partial charge in [0.05, 0.1) is 18.5 Å². The summed E-state index contributed by atoms with van der Waals surface area (Å²) in [6.07, 6.45) is 1.37. The van der Waals surface area contributed by atoms with Gasteiger partial charge in [0.2, 0.25) is 5.91 Å². The van der Waals surface area contributed by atoms with Gasteiger partial charge in [0.25, 0.3) is 0 Å². The quantitative estimate of drug-likeness (QED) is 0.942. The number of carbonyl (C=O) groups excluding carboxylic acids is 1. The zero-order valence-electron chi connectivity index (χ0n) is 13.8. The predicted molar refractivity (Wildman–Crippen MR) is 94.4 cm³/mol. The van der Waals surface area contributed by atoms with Gasteiger partial charge in [-0.2, -0.15) is 5.26 Å². The highest BCUT2D eigenvalue weighted by atomic mass is 16.2. The Morgan fingerprint density at radius 1 is 1.21 bits per heavy atom. The summed E-state index contributed by atoms with van der Waals surface area (Å²) in [7, 11) is 0. The monoisotopic (exact) mass is 319 g/mol. The van der Waals surface area contributed by atoms with E-state index < -0.39 is 0 Å². The number of hydrogen-bond donors (Lipinski definition) is 1. The van der Waals surface area contributed by atoms with Crippen LogP contribution in [0.25, 0.3) is 0 Å². The van der Waals surface area contributed by atoms with Gasteiger partial charge in [0.1, 0.15) is 0 Å². The van der Waals surface area contributed by atoms with E-state index in [-0.39, 0.29) is 11.9 Å². The van der Waals surface area contributed by atoms with Gasteiger partial charge in [0.15, 0.2) is 0 Å². The Labute approximate surface area is 142 Å². The summed E-state index contributed by atoms with van der Waals surface area (Å²) in [5.41, 5.74) is 4.42. The molecule has 0 fully saturated rings. The molecular formula is C20H21N3O. The molecule has 3 rings (SSSR count). The molecule has 1 unspecified atom stereocenters. The fraction of sp³-hybridized carbons (Fsp3) is 0.300. The molecule has 4 nitrogen and oxygen atoms in total. The van der Waals surface area contributed by atoms with E-state index in [2.05, 4.69) is 40.6 Å². The Morgan fingerprint density at radius 3 is 2.62 bits per heavy atom. The zero-order chi connectivity index (χ0) is 16.9. The van der Waals surface area contributed by atoms with Gasteiger partial charge in [-0.25, -0.2) is 0 Å². The van der Waals surface area contributed by atoms with Crippen molar-refractivity contribution in [3.63, 3.8) is 0 Å². The summed E-state index contributed by atoms with van der Waals surface area (Å²) >= 11 is 0. The number of nitriles is 1. The van der Waals surface area contributed by atoms with Gasteiger partial charge in [-0.15, -0.1) is 0 Å². The first-order valence-corrected chi connectivity index (χ1v) is 8.25. The summed E-state index contributed by atoms with van der Waals surface area (Å²) < 4.78 is 0. The summed E-state index contributed by atoms with van der Waals surface area (Å²) in [5.74, 6) is 0.00224. The van der Waals surface area contributed by atoms with Gasteiger partial charge in [-0.05, 0) is 42.2 Å². The van der Waals surface area contributed by atoms with Crippen molar-refractivity contribution in [2.75, 3.05) is 11.9 Å².